The maximum Gasteiger partial charge on any atom is 0.172 e. The first kappa shape index (κ1) is 36.6. The molecule has 266 valence electrons. The largest absolute Gasteiger partial charge is 0.396 e. The van der Waals surface area contributed by atoms with Crippen LogP contribution in [-0.2, 0) is 28.5 Å². The summed E-state index contributed by atoms with van der Waals surface area (Å²) in [6, 6.07) is 0. The van der Waals surface area contributed by atoms with Gasteiger partial charge in [-0.15, -0.1) is 0 Å². The molecule has 5 saturated heterocycles. The maximum atomic E-state index is 11.6. The van der Waals surface area contributed by atoms with E-state index < -0.39 is 28.9 Å². The van der Waals surface area contributed by atoms with E-state index in [-0.39, 0.29) is 72.4 Å². The van der Waals surface area contributed by atoms with Crippen molar-refractivity contribution in [2.24, 2.45) is 47.3 Å². The first-order chi connectivity index (χ1) is 21.6. The van der Waals surface area contributed by atoms with Gasteiger partial charge in [-0.1, -0.05) is 55.4 Å². The lowest BCUT2D eigenvalue weighted by atomic mass is 9.73. The maximum absolute atomic E-state index is 11.6. The first-order valence-electron chi connectivity index (χ1n) is 18.4. The predicted molar refractivity (Wildman–Crippen MR) is 174 cm³/mol. The van der Waals surface area contributed by atoms with Gasteiger partial charge in [-0.3, -0.25) is 0 Å². The van der Waals surface area contributed by atoms with Gasteiger partial charge in [-0.25, -0.2) is 0 Å². The second-order valence-corrected chi connectivity index (χ2v) is 16.5. The van der Waals surface area contributed by atoms with E-state index in [4.69, 9.17) is 23.7 Å². The smallest absolute Gasteiger partial charge is 0.172 e. The highest BCUT2D eigenvalue weighted by atomic mass is 16.7. The number of carbonyl (C=O) groups excluding carboxylic acids is 1. The number of carbonyl (C=O) groups is 1. The van der Waals surface area contributed by atoms with Crippen LogP contribution in [0.5, 0.6) is 0 Å². The lowest BCUT2D eigenvalue weighted by Gasteiger charge is -2.49. The average molecular weight is 653 g/mol. The Hall–Kier alpha value is -0.650. The number of ether oxygens (including phenoxy) is 5. The predicted octanol–water partition coefficient (Wildman–Crippen LogP) is 5.26. The third kappa shape index (κ3) is 6.27. The molecule has 0 aromatic rings. The molecular weight excluding hydrogens is 588 g/mol. The van der Waals surface area contributed by atoms with E-state index in [9.17, 15) is 20.1 Å². The molecule has 9 heteroatoms. The van der Waals surface area contributed by atoms with E-state index in [1.54, 1.807) is 0 Å². The summed E-state index contributed by atoms with van der Waals surface area (Å²) in [5.74, 6) is -2.08. The van der Waals surface area contributed by atoms with Crippen molar-refractivity contribution in [3.63, 3.8) is 0 Å². The van der Waals surface area contributed by atoms with Crippen LogP contribution in [0.4, 0.5) is 0 Å². The summed E-state index contributed by atoms with van der Waals surface area (Å²) in [5.41, 5.74) is -1.03. The van der Waals surface area contributed by atoms with Crippen LogP contribution in [0.15, 0.2) is 0 Å². The van der Waals surface area contributed by atoms with Crippen LogP contribution in [0, 0.1) is 47.3 Å². The molecule has 17 atom stereocenters. The van der Waals surface area contributed by atoms with Gasteiger partial charge in [-0.05, 0) is 69.1 Å². The summed E-state index contributed by atoms with van der Waals surface area (Å²) >= 11 is 0. The molecule has 3 N–H and O–H groups in total. The molecule has 0 aromatic heterocycles. The zero-order valence-electron chi connectivity index (χ0n) is 29.9. The summed E-state index contributed by atoms with van der Waals surface area (Å²) in [5, 5.41) is 32.6. The van der Waals surface area contributed by atoms with Gasteiger partial charge in [-0.2, -0.15) is 0 Å². The molecule has 46 heavy (non-hydrogen) atoms. The van der Waals surface area contributed by atoms with E-state index in [1.807, 2.05) is 27.7 Å². The molecule has 5 rings (SSSR count). The van der Waals surface area contributed by atoms with Crippen LogP contribution in [0.3, 0.4) is 0 Å². The molecule has 5 aliphatic rings. The van der Waals surface area contributed by atoms with E-state index in [0.717, 1.165) is 38.4 Å². The first-order valence-corrected chi connectivity index (χ1v) is 18.4. The second-order valence-electron chi connectivity index (χ2n) is 16.5. The molecule has 5 fully saturated rings. The molecule has 0 aromatic carbocycles. The van der Waals surface area contributed by atoms with Crippen molar-refractivity contribution in [1.82, 2.24) is 0 Å². The zero-order chi connectivity index (χ0) is 33.8. The molecule has 0 bridgehead atoms. The van der Waals surface area contributed by atoms with Crippen molar-refractivity contribution in [3.8, 4) is 0 Å². The Morgan fingerprint density at radius 2 is 1.70 bits per heavy atom. The Morgan fingerprint density at radius 3 is 2.33 bits per heavy atom. The number of aldehydes is 1. The average Bonchev–Trinajstić information content (AvgIpc) is 3.73. The number of hydrogen-bond acceptors (Lipinski definition) is 9. The molecule has 0 saturated carbocycles. The van der Waals surface area contributed by atoms with Crippen LogP contribution in [0.2, 0.25) is 0 Å². The minimum Gasteiger partial charge on any atom is -0.396 e. The van der Waals surface area contributed by atoms with Gasteiger partial charge in [0.2, 0.25) is 0 Å². The van der Waals surface area contributed by atoms with E-state index in [2.05, 4.69) is 34.6 Å². The van der Waals surface area contributed by atoms with E-state index in [1.165, 1.54) is 0 Å². The van der Waals surface area contributed by atoms with Gasteiger partial charge in [0.25, 0.3) is 0 Å². The summed E-state index contributed by atoms with van der Waals surface area (Å²) in [6.45, 7) is 19.2. The summed E-state index contributed by atoms with van der Waals surface area (Å²) in [6.07, 6.45) is 5.49. The van der Waals surface area contributed by atoms with E-state index in [0.29, 0.717) is 31.8 Å². The van der Waals surface area contributed by atoms with Gasteiger partial charge in [0.05, 0.1) is 48.3 Å². The van der Waals surface area contributed by atoms with E-state index >= 15 is 0 Å². The molecule has 1 spiro atoms. The SMILES string of the molecule is CCC1(O)O[C@H](C2CO[C@@H]([C@]3(CC)CC[C@H]([C@]4(C)CC[C@]5(C[C@H](O)[C@@H](C)[C@@H]([C@@H](C)[C@@H](CO)[C@H](C)C=O)O5)O4)O3)[C@H]2C)C(C)C[C@H]1C. The highest BCUT2D eigenvalue weighted by Crippen LogP contribution is 2.55. The van der Waals surface area contributed by atoms with Gasteiger partial charge >= 0.3 is 0 Å². The number of aliphatic hydroxyl groups is 3. The lowest BCUT2D eigenvalue weighted by molar-refractivity contribution is -0.334. The highest BCUT2D eigenvalue weighted by Gasteiger charge is 2.62. The fraction of sp³-hybridized carbons (Fsp3) is 0.973. The van der Waals surface area contributed by atoms with Crippen molar-refractivity contribution >= 4 is 6.29 Å². The van der Waals surface area contributed by atoms with Crippen molar-refractivity contribution in [2.75, 3.05) is 13.2 Å². The molecule has 5 aliphatic heterocycles. The van der Waals surface area contributed by atoms with Crippen LogP contribution < -0.4 is 0 Å². The third-order valence-electron chi connectivity index (χ3n) is 13.7. The van der Waals surface area contributed by atoms with Gasteiger partial charge in [0.1, 0.15) is 6.29 Å². The molecule has 0 aliphatic carbocycles. The minimum absolute atomic E-state index is 0.0599. The Kier molecular flexibility index (Phi) is 10.8. The Bertz CT molecular complexity index is 1060. The summed E-state index contributed by atoms with van der Waals surface area (Å²) in [4.78, 5) is 11.6. The fourth-order valence-electron chi connectivity index (χ4n) is 10.2. The summed E-state index contributed by atoms with van der Waals surface area (Å²) in [7, 11) is 0. The normalized spacial score (nSPS) is 51.7. The minimum atomic E-state index is -1.09. The third-order valence-corrected chi connectivity index (χ3v) is 13.7. The van der Waals surface area contributed by atoms with Crippen LogP contribution in [0.1, 0.15) is 114 Å². The fourth-order valence-corrected chi connectivity index (χ4v) is 10.2. The Balaban J connectivity index is 1.29. The molecule has 5 heterocycles. The molecule has 3 unspecified atom stereocenters. The van der Waals surface area contributed by atoms with Gasteiger partial charge in [0, 0.05) is 43.1 Å². The quantitative estimate of drug-likeness (QED) is 0.271. The van der Waals surface area contributed by atoms with Crippen molar-refractivity contribution in [1.29, 1.82) is 0 Å². The van der Waals surface area contributed by atoms with Crippen molar-refractivity contribution in [2.45, 2.75) is 167 Å². The van der Waals surface area contributed by atoms with Crippen LogP contribution >= 0.6 is 0 Å². The van der Waals surface area contributed by atoms with Crippen molar-refractivity contribution in [3.05, 3.63) is 0 Å². The number of aliphatic hydroxyl groups excluding tert-OH is 2. The number of rotatable bonds is 10. The topological polar surface area (TPSA) is 124 Å². The highest BCUT2D eigenvalue weighted by molar-refractivity contribution is 5.53. The lowest BCUT2D eigenvalue weighted by Crippen LogP contribution is -2.56. The summed E-state index contributed by atoms with van der Waals surface area (Å²) < 4.78 is 34.0. The van der Waals surface area contributed by atoms with Gasteiger partial charge < -0.3 is 43.8 Å². The van der Waals surface area contributed by atoms with Crippen LogP contribution in [-0.4, -0.2) is 88.1 Å². The Morgan fingerprint density at radius 1 is 0.978 bits per heavy atom. The van der Waals surface area contributed by atoms with Gasteiger partial charge in [0.15, 0.2) is 11.6 Å². The monoisotopic (exact) mass is 652 g/mol. The van der Waals surface area contributed by atoms with Crippen molar-refractivity contribution < 1.29 is 43.8 Å². The van der Waals surface area contributed by atoms with Crippen LogP contribution in [0.25, 0.3) is 0 Å². The molecular formula is C37H64O9. The standard InChI is InChI=1S/C37H64O9/c1-10-35(33-25(7)28(20-42-33)31-21(3)16-23(5)37(41,11-2)45-31)13-12-30(43-35)34(9)14-15-36(46-34)17-29(40)26(8)32(44-36)24(6)27(19-39)22(4)18-38/h18,21-33,39-41H,10-17,19-20H2,1-9H3/t21?,22-,23-,24+,25+,26-,27+,28?,29+,30-,31+,32-,33-,34+,35+,36-,37?/m1/s1. The molecule has 0 amide bonds. The second kappa shape index (κ2) is 13.6. The molecule has 9 nitrogen and oxygen atoms in total. The number of hydrogen-bond donors (Lipinski definition) is 3. The zero-order valence-corrected chi connectivity index (χ0v) is 29.9. The molecule has 0 radical (unpaired) electrons. The Labute approximate surface area is 277 Å².